The molecule has 2 aliphatic heterocycles. The zero-order valence-electron chi connectivity index (χ0n) is 16.2. The lowest BCUT2D eigenvalue weighted by Crippen LogP contribution is -2.75. The Hall–Kier alpha value is -1.85. The van der Waals surface area contributed by atoms with E-state index in [1.54, 1.807) is 0 Å². The van der Waals surface area contributed by atoms with Gasteiger partial charge in [-0.1, -0.05) is 11.6 Å². The van der Waals surface area contributed by atoms with Gasteiger partial charge in [-0.15, -0.1) is 0 Å². The summed E-state index contributed by atoms with van der Waals surface area (Å²) in [4.78, 5) is 34.2. The molecule has 0 radical (unpaired) electrons. The number of halogens is 1. The second-order valence-electron chi connectivity index (χ2n) is 8.20. The molecule has 6 rings (SSSR count). The number of nitrogens with zero attached hydrogens (tertiary/aromatic N) is 2. The van der Waals surface area contributed by atoms with Crippen LogP contribution in [0.5, 0.6) is 0 Å². The Bertz CT molecular complexity index is 887. The zero-order chi connectivity index (χ0) is 21.0. The summed E-state index contributed by atoms with van der Waals surface area (Å²) in [5.41, 5.74) is -2.08. The number of ether oxygens (including phenoxy) is 4. The fourth-order valence-electron chi connectivity index (χ4n) is 5.57. The van der Waals surface area contributed by atoms with Gasteiger partial charge in [-0.05, 0) is 12.8 Å². The van der Waals surface area contributed by atoms with Gasteiger partial charge in [0, 0.05) is 25.2 Å². The number of hydrogen-bond donors (Lipinski definition) is 2. The summed E-state index contributed by atoms with van der Waals surface area (Å²) in [7, 11) is 0. The predicted molar refractivity (Wildman–Crippen MR) is 99.1 cm³/mol. The van der Waals surface area contributed by atoms with E-state index in [1.807, 2.05) is 0 Å². The molecule has 5 aliphatic rings. The van der Waals surface area contributed by atoms with Gasteiger partial charge in [-0.3, -0.25) is 14.6 Å². The number of rotatable bonds is 4. The topological polar surface area (TPSA) is 129 Å². The van der Waals surface area contributed by atoms with Gasteiger partial charge in [0.15, 0.2) is 16.7 Å². The van der Waals surface area contributed by atoms with Crippen LogP contribution in [0.1, 0.15) is 31.4 Å². The van der Waals surface area contributed by atoms with Crippen molar-refractivity contribution in [1.29, 1.82) is 0 Å². The van der Waals surface area contributed by atoms with E-state index in [4.69, 9.17) is 30.5 Å². The van der Waals surface area contributed by atoms with Crippen LogP contribution in [-0.2, 0) is 35.1 Å². The van der Waals surface area contributed by atoms with Crippen LogP contribution >= 0.6 is 11.6 Å². The lowest BCUT2D eigenvalue weighted by molar-refractivity contribution is -0.373. The number of carbonyl (C=O) groups excluding carboxylic acids is 1. The Balaban J connectivity index is 1.51. The quantitative estimate of drug-likeness (QED) is 0.702. The van der Waals surface area contributed by atoms with E-state index in [1.165, 1.54) is 12.4 Å². The first-order valence-corrected chi connectivity index (χ1v) is 10.3. The molecule has 2 bridgehead atoms. The molecule has 2 saturated heterocycles. The highest BCUT2D eigenvalue weighted by Crippen LogP contribution is 2.69. The summed E-state index contributed by atoms with van der Waals surface area (Å²) in [6.45, 7) is 1.19. The summed E-state index contributed by atoms with van der Waals surface area (Å²) in [6.07, 6.45) is 3.46. The molecule has 162 valence electrons. The Morgan fingerprint density at radius 2 is 1.50 bits per heavy atom. The molecule has 11 heteroatoms. The first-order valence-electron chi connectivity index (χ1n) is 9.92. The molecule has 10 nitrogen and oxygen atoms in total. The van der Waals surface area contributed by atoms with Gasteiger partial charge in [0.05, 0.1) is 38.7 Å². The summed E-state index contributed by atoms with van der Waals surface area (Å²) < 4.78 is 23.8. The Morgan fingerprint density at radius 1 is 0.967 bits per heavy atom. The third kappa shape index (κ3) is 2.51. The maximum absolute atomic E-state index is 13.6. The number of aromatic nitrogens is 2. The van der Waals surface area contributed by atoms with Crippen molar-refractivity contribution in [3.8, 4) is 0 Å². The number of carbonyl (C=O) groups is 2. The Morgan fingerprint density at radius 3 is 2.10 bits per heavy atom. The van der Waals surface area contributed by atoms with Crippen LogP contribution in [0.2, 0.25) is 5.15 Å². The second kappa shape index (κ2) is 6.83. The van der Waals surface area contributed by atoms with Gasteiger partial charge < -0.3 is 29.4 Å². The highest BCUT2D eigenvalue weighted by molar-refractivity contribution is 6.30. The minimum absolute atomic E-state index is 0.0192. The monoisotopic (exact) mass is 439 g/mol. The molecular weight excluding hydrogens is 418 g/mol. The van der Waals surface area contributed by atoms with E-state index in [0.717, 1.165) is 0 Å². The maximum Gasteiger partial charge on any atom is 0.315 e. The van der Waals surface area contributed by atoms with E-state index < -0.39 is 28.4 Å². The average molecular weight is 440 g/mol. The summed E-state index contributed by atoms with van der Waals surface area (Å²) in [5.74, 6) is -4.09. The fourth-order valence-corrected chi connectivity index (χ4v) is 5.74. The lowest BCUT2D eigenvalue weighted by Gasteiger charge is -2.64. The van der Waals surface area contributed by atoms with Crippen molar-refractivity contribution < 1.29 is 33.6 Å². The smallest absolute Gasteiger partial charge is 0.315 e. The van der Waals surface area contributed by atoms with Crippen molar-refractivity contribution in [2.75, 3.05) is 26.4 Å². The molecular formula is C19H22ClN3O7. The molecule has 1 amide bonds. The van der Waals surface area contributed by atoms with Crippen molar-refractivity contribution in [2.45, 2.75) is 43.8 Å². The molecule has 30 heavy (non-hydrogen) atoms. The first-order chi connectivity index (χ1) is 14.4. The fraction of sp³-hybridized carbons (Fsp3) is 0.684. The predicted octanol–water partition coefficient (Wildman–Crippen LogP) is 0.877. The van der Waals surface area contributed by atoms with Crippen molar-refractivity contribution in [2.24, 2.45) is 10.8 Å². The van der Waals surface area contributed by atoms with Gasteiger partial charge in [-0.2, -0.15) is 0 Å². The average Bonchev–Trinajstić information content (AvgIpc) is 3.39. The van der Waals surface area contributed by atoms with E-state index >= 15 is 0 Å². The van der Waals surface area contributed by atoms with Gasteiger partial charge >= 0.3 is 5.97 Å². The van der Waals surface area contributed by atoms with Crippen molar-refractivity contribution in [3.63, 3.8) is 0 Å². The molecule has 3 aliphatic carbocycles. The maximum atomic E-state index is 13.6. The molecule has 3 heterocycles. The van der Waals surface area contributed by atoms with Crippen LogP contribution in [0.15, 0.2) is 12.4 Å². The summed E-state index contributed by atoms with van der Waals surface area (Å²) in [6, 6.07) is 0. The number of carboxylic acids is 1. The molecule has 2 N–H and O–H groups in total. The number of amides is 1. The van der Waals surface area contributed by atoms with E-state index in [-0.39, 0.29) is 69.7 Å². The first kappa shape index (κ1) is 20.1. The van der Waals surface area contributed by atoms with Crippen LogP contribution in [0.4, 0.5) is 0 Å². The van der Waals surface area contributed by atoms with Crippen LogP contribution in [-0.4, -0.2) is 65.0 Å². The number of carboxylic acid groups (broad SMARTS) is 1. The normalized spacial score (nSPS) is 33.2. The third-order valence-electron chi connectivity index (χ3n) is 7.00. The zero-order valence-corrected chi connectivity index (χ0v) is 16.9. The molecule has 2 unspecified atom stereocenters. The van der Waals surface area contributed by atoms with Gasteiger partial charge in [0.25, 0.3) is 0 Å². The number of fused-ring (bicyclic) bond motifs is 1. The van der Waals surface area contributed by atoms with Gasteiger partial charge in [0.2, 0.25) is 5.91 Å². The Labute approximate surface area is 177 Å². The molecule has 5 fully saturated rings. The van der Waals surface area contributed by atoms with Gasteiger partial charge in [0.1, 0.15) is 10.8 Å². The minimum Gasteiger partial charge on any atom is -0.481 e. The number of nitrogens with one attached hydrogen (secondary N) is 1. The largest absolute Gasteiger partial charge is 0.481 e. The van der Waals surface area contributed by atoms with Gasteiger partial charge in [-0.25, -0.2) is 4.98 Å². The van der Waals surface area contributed by atoms with E-state index in [9.17, 15) is 14.7 Å². The third-order valence-corrected chi connectivity index (χ3v) is 7.31. The van der Waals surface area contributed by atoms with Crippen molar-refractivity contribution in [3.05, 3.63) is 23.2 Å². The van der Waals surface area contributed by atoms with Crippen LogP contribution < -0.4 is 5.32 Å². The van der Waals surface area contributed by atoms with Crippen LogP contribution in [0.3, 0.4) is 0 Å². The van der Waals surface area contributed by atoms with Crippen molar-refractivity contribution in [1.82, 2.24) is 15.3 Å². The van der Waals surface area contributed by atoms with Crippen LogP contribution in [0, 0.1) is 10.8 Å². The second-order valence-corrected chi connectivity index (χ2v) is 8.56. The van der Waals surface area contributed by atoms with Crippen molar-refractivity contribution >= 4 is 23.5 Å². The molecule has 2 atom stereocenters. The standard InChI is InChI=1S/C19H22ClN3O7/c20-13-12(21-3-4-22-13)9-23-14(24)16-1-2-17(15(25)26,11-18(16)27-5-6-28-18)19(10-16)29-7-8-30-19/h3-4H,1-2,5-11H2,(H,23,24)(H,25,26). The molecule has 1 aromatic heterocycles. The van der Waals surface area contributed by atoms with E-state index in [2.05, 4.69) is 15.3 Å². The van der Waals surface area contributed by atoms with E-state index in [0.29, 0.717) is 5.69 Å². The lowest BCUT2D eigenvalue weighted by atomic mass is 9.47. The minimum atomic E-state index is -1.39. The number of aliphatic carboxylic acids is 1. The molecule has 1 aromatic rings. The Kier molecular flexibility index (Phi) is 4.57. The SMILES string of the molecule is O=C(O)C12CCC(C(=O)NCc3nccnc3Cl)(CC13OCCO3)C1(C2)OCCO1. The molecule has 3 saturated carbocycles. The summed E-state index contributed by atoms with van der Waals surface area (Å²) >= 11 is 6.06. The number of hydrogen-bond acceptors (Lipinski definition) is 8. The highest BCUT2D eigenvalue weighted by atomic mass is 35.5. The molecule has 2 spiro atoms. The summed E-state index contributed by atoms with van der Waals surface area (Å²) in [5, 5.41) is 13.3. The highest BCUT2D eigenvalue weighted by Gasteiger charge is 2.80. The molecule has 0 aromatic carbocycles. The van der Waals surface area contributed by atoms with Crippen LogP contribution in [0.25, 0.3) is 0 Å².